The van der Waals surface area contributed by atoms with Gasteiger partial charge in [-0.1, -0.05) is 71.4 Å². The zero-order chi connectivity index (χ0) is 38.5. The molecular formula is C45H57N5O4. The van der Waals surface area contributed by atoms with Gasteiger partial charge in [0.1, 0.15) is 5.76 Å². The Hall–Kier alpha value is -4.79. The first kappa shape index (κ1) is 38.9. The van der Waals surface area contributed by atoms with E-state index in [0.717, 1.165) is 130 Å². The minimum atomic E-state index is -0.707. The number of aliphatic imine (C=N–C) groups is 3. The highest BCUT2D eigenvalue weighted by Crippen LogP contribution is 2.46. The van der Waals surface area contributed by atoms with Gasteiger partial charge in [0.25, 0.3) is 0 Å². The lowest BCUT2D eigenvalue weighted by Gasteiger charge is -2.18. The number of rotatable bonds is 17. The lowest BCUT2D eigenvalue weighted by Crippen LogP contribution is -2.25. The third-order valence-corrected chi connectivity index (χ3v) is 11.9. The van der Waals surface area contributed by atoms with Gasteiger partial charge >= 0.3 is 5.97 Å². The number of carboxylic acid groups (broad SMARTS) is 1. The van der Waals surface area contributed by atoms with Crippen LogP contribution in [-0.2, 0) is 9.59 Å². The first-order chi connectivity index (χ1) is 26.0. The second-order valence-corrected chi connectivity index (χ2v) is 15.4. The van der Waals surface area contributed by atoms with Crippen molar-refractivity contribution in [1.29, 1.82) is 0 Å². The molecule has 1 aliphatic carbocycles. The topological polar surface area (TPSA) is 136 Å². The van der Waals surface area contributed by atoms with Crippen molar-refractivity contribution in [2.24, 2.45) is 26.8 Å². The molecule has 6 rings (SSSR count). The van der Waals surface area contributed by atoms with Crippen LogP contribution in [0.3, 0.4) is 0 Å². The molecule has 54 heavy (non-hydrogen) atoms. The molecule has 4 N–H and O–H groups in total. The highest BCUT2D eigenvalue weighted by atomic mass is 16.4. The van der Waals surface area contributed by atoms with E-state index in [1.807, 2.05) is 13.0 Å². The summed E-state index contributed by atoms with van der Waals surface area (Å²) in [4.78, 5) is 39.2. The molecule has 0 saturated carbocycles. The molecule has 0 unspecified atom stereocenters. The Morgan fingerprint density at radius 3 is 2.24 bits per heavy atom. The van der Waals surface area contributed by atoms with Gasteiger partial charge in [-0.25, -0.2) is 15.0 Å². The molecule has 1 fully saturated rings. The average Bonchev–Trinajstić information content (AvgIpc) is 3.89. The van der Waals surface area contributed by atoms with Crippen molar-refractivity contribution in [3.05, 3.63) is 104 Å². The molecular weight excluding hydrogens is 675 g/mol. The van der Waals surface area contributed by atoms with Crippen molar-refractivity contribution in [3.8, 4) is 0 Å². The molecule has 1 saturated heterocycles. The van der Waals surface area contributed by atoms with Crippen LogP contribution in [0.2, 0.25) is 0 Å². The van der Waals surface area contributed by atoms with Crippen LogP contribution in [0.15, 0.2) is 119 Å². The van der Waals surface area contributed by atoms with Crippen LogP contribution >= 0.6 is 0 Å². The lowest BCUT2D eigenvalue weighted by molar-refractivity contribution is -0.137. The van der Waals surface area contributed by atoms with E-state index in [0.29, 0.717) is 31.6 Å². The maximum absolute atomic E-state index is 13.2. The largest absolute Gasteiger partial charge is 0.511 e. The number of aliphatic hydroxyl groups is 1. The predicted molar refractivity (Wildman–Crippen MR) is 218 cm³/mol. The Morgan fingerprint density at radius 1 is 0.889 bits per heavy atom. The van der Waals surface area contributed by atoms with E-state index in [1.54, 1.807) is 0 Å². The van der Waals surface area contributed by atoms with Crippen LogP contribution < -0.4 is 10.6 Å². The van der Waals surface area contributed by atoms with E-state index in [2.05, 4.69) is 63.1 Å². The van der Waals surface area contributed by atoms with E-state index < -0.39 is 5.97 Å². The molecule has 1 amide bonds. The molecule has 6 aliphatic rings. The molecule has 286 valence electrons. The van der Waals surface area contributed by atoms with Gasteiger partial charge in [0.2, 0.25) is 5.91 Å². The summed E-state index contributed by atoms with van der Waals surface area (Å²) in [5.74, 6) is -0.181. The summed E-state index contributed by atoms with van der Waals surface area (Å²) in [5.41, 5.74) is 14.4. The van der Waals surface area contributed by atoms with Crippen LogP contribution in [0.5, 0.6) is 0 Å². The number of unbranched alkanes of at least 4 members (excludes halogenated alkanes) is 8. The minimum absolute atomic E-state index is 0.0355. The van der Waals surface area contributed by atoms with Crippen molar-refractivity contribution in [2.45, 2.75) is 125 Å². The number of amides is 1. The normalized spacial score (nSPS) is 21.7. The standard InChI is InChI=1S/C45H57N5O4/c1-7-30-26(3)34-23-36-28(5)32(19-20-41(52)46-21-17-15-13-11-9-10-12-14-16-18-42(53)54)44(49-36)33-22-40(51)43-29(6)37(50-45(33)43)25-39-31(8-2)27(4)35(48-39)24-38(30)47-34/h7,23-25,28,32,49,51H,1,8-22H2,2-6H3,(H,46,52)(H,53,54)/t28-,32-/m0/s1. The molecule has 0 aromatic carbocycles. The Balaban J connectivity index is 1.18. The fourth-order valence-corrected chi connectivity index (χ4v) is 8.62. The van der Waals surface area contributed by atoms with E-state index in [1.165, 1.54) is 18.4 Å². The molecule has 0 spiro atoms. The first-order valence-corrected chi connectivity index (χ1v) is 20.1. The number of carbonyl (C=O) groups is 2. The Morgan fingerprint density at radius 2 is 1.56 bits per heavy atom. The number of fused-ring (bicyclic) bond motifs is 5. The summed E-state index contributed by atoms with van der Waals surface area (Å²) in [7, 11) is 0. The maximum Gasteiger partial charge on any atom is 0.303 e. The molecule has 9 heteroatoms. The number of nitrogens with zero attached hydrogens (tertiary/aromatic N) is 3. The molecule has 5 aliphatic heterocycles. The van der Waals surface area contributed by atoms with Crippen LogP contribution in [-0.4, -0.2) is 45.8 Å². The van der Waals surface area contributed by atoms with E-state index >= 15 is 0 Å². The third kappa shape index (κ3) is 8.15. The number of aliphatic hydroxyl groups excluding tert-OH is 1. The van der Waals surface area contributed by atoms with Crippen molar-refractivity contribution in [1.82, 2.24) is 10.6 Å². The number of hydrogen-bond acceptors (Lipinski definition) is 7. The van der Waals surface area contributed by atoms with Crippen LogP contribution in [0.4, 0.5) is 0 Å². The fourth-order valence-electron chi connectivity index (χ4n) is 8.62. The highest BCUT2D eigenvalue weighted by Gasteiger charge is 2.41. The number of allylic oxidation sites excluding steroid dienone is 12. The smallest absolute Gasteiger partial charge is 0.303 e. The SMILES string of the molecule is C=CC1=C(C)C2=NC1=CC1=NC(=CC3=C(C)C4=C(O)CC(=C5NC(=C2)[C@@H](C)[C@@H]5CCC(=O)NCCCCCCCCCCCC(=O)O)C4=N3)C(CC)=C1C. The summed E-state index contributed by atoms with van der Waals surface area (Å²) in [6.45, 7) is 15.4. The average molecular weight is 732 g/mol. The van der Waals surface area contributed by atoms with Crippen LogP contribution in [0, 0.1) is 11.8 Å². The van der Waals surface area contributed by atoms with Crippen molar-refractivity contribution < 1.29 is 19.8 Å². The zero-order valence-electron chi connectivity index (χ0n) is 32.8. The number of aliphatic carboxylic acids is 1. The van der Waals surface area contributed by atoms with Gasteiger partial charge in [-0.05, 0) is 87.0 Å². The summed E-state index contributed by atoms with van der Waals surface area (Å²) in [6.07, 6.45) is 20.3. The fraction of sp³-hybridized carbons (Fsp3) is 0.489. The molecule has 5 heterocycles. The van der Waals surface area contributed by atoms with Gasteiger partial charge in [-0.3, -0.25) is 9.59 Å². The van der Waals surface area contributed by atoms with Gasteiger partial charge in [-0.15, -0.1) is 0 Å². The Labute approximate surface area is 320 Å². The van der Waals surface area contributed by atoms with Crippen molar-refractivity contribution in [3.63, 3.8) is 0 Å². The molecule has 0 radical (unpaired) electrons. The van der Waals surface area contributed by atoms with Gasteiger partial charge in [0.05, 0.1) is 34.2 Å². The number of hydrogen-bond donors (Lipinski definition) is 4. The van der Waals surface area contributed by atoms with E-state index in [4.69, 9.17) is 20.1 Å². The molecule has 9 nitrogen and oxygen atoms in total. The van der Waals surface area contributed by atoms with Crippen molar-refractivity contribution >= 4 is 29.0 Å². The predicted octanol–water partition coefficient (Wildman–Crippen LogP) is 9.73. The summed E-state index contributed by atoms with van der Waals surface area (Å²) in [6, 6.07) is 0. The van der Waals surface area contributed by atoms with Gasteiger partial charge in [0, 0.05) is 65.8 Å². The lowest BCUT2D eigenvalue weighted by atomic mass is 9.86. The molecule has 0 aromatic heterocycles. The monoisotopic (exact) mass is 731 g/mol. The number of nitrogens with one attached hydrogen (secondary N) is 2. The second kappa shape index (κ2) is 17.1. The third-order valence-electron chi connectivity index (χ3n) is 11.9. The maximum atomic E-state index is 13.2. The van der Waals surface area contributed by atoms with Gasteiger partial charge < -0.3 is 20.8 Å². The molecule has 2 atom stereocenters. The quantitative estimate of drug-likeness (QED) is 0.111. The van der Waals surface area contributed by atoms with Crippen LogP contribution in [0.25, 0.3) is 0 Å². The highest BCUT2D eigenvalue weighted by molar-refractivity contribution is 6.21. The van der Waals surface area contributed by atoms with Crippen LogP contribution in [0.1, 0.15) is 125 Å². The minimum Gasteiger partial charge on any atom is -0.511 e. The summed E-state index contributed by atoms with van der Waals surface area (Å²) in [5, 5.41) is 27.1. The van der Waals surface area contributed by atoms with Crippen molar-refractivity contribution in [2.75, 3.05) is 6.54 Å². The first-order valence-electron chi connectivity index (χ1n) is 20.1. The Kier molecular flexibility index (Phi) is 12.3. The summed E-state index contributed by atoms with van der Waals surface area (Å²) >= 11 is 0. The molecule has 0 aromatic rings. The number of carboxylic acids is 1. The Bertz CT molecular complexity index is 1970. The molecule has 8 bridgehead atoms. The van der Waals surface area contributed by atoms with Gasteiger partial charge in [0.15, 0.2) is 0 Å². The van der Waals surface area contributed by atoms with E-state index in [-0.39, 0.29) is 24.2 Å². The number of carbonyl (C=O) groups excluding carboxylic acids is 1. The summed E-state index contributed by atoms with van der Waals surface area (Å²) < 4.78 is 0. The van der Waals surface area contributed by atoms with Gasteiger partial charge in [-0.2, -0.15) is 0 Å². The van der Waals surface area contributed by atoms with E-state index in [9.17, 15) is 14.7 Å². The second-order valence-electron chi connectivity index (χ2n) is 15.4. The zero-order valence-corrected chi connectivity index (χ0v) is 32.8.